The van der Waals surface area contributed by atoms with E-state index in [0.717, 1.165) is 37.4 Å². The Balaban J connectivity index is 2.01. The standard InChI is InChI=1S/C15H25NO3/c1-13(12-17)4-3-9-16-10-11-19-15-7-5-14(18-2)6-8-15/h5-8,13,16-17H,3-4,9-12H2,1-2H3. The normalized spacial score (nSPS) is 12.2. The molecule has 0 saturated carbocycles. The molecule has 1 unspecified atom stereocenters. The van der Waals surface area contributed by atoms with Gasteiger partial charge in [0.25, 0.3) is 0 Å². The minimum absolute atomic E-state index is 0.278. The first kappa shape index (κ1) is 15.8. The summed E-state index contributed by atoms with van der Waals surface area (Å²) in [6, 6.07) is 7.58. The third-order valence-corrected chi connectivity index (χ3v) is 2.97. The fourth-order valence-electron chi connectivity index (χ4n) is 1.70. The van der Waals surface area contributed by atoms with Crippen molar-refractivity contribution in [2.24, 2.45) is 5.92 Å². The lowest BCUT2D eigenvalue weighted by Gasteiger charge is -2.09. The largest absolute Gasteiger partial charge is 0.497 e. The molecule has 4 heteroatoms. The molecule has 108 valence electrons. The van der Waals surface area contributed by atoms with Crippen LogP contribution in [0.25, 0.3) is 0 Å². The van der Waals surface area contributed by atoms with Crippen LogP contribution in [0.1, 0.15) is 19.8 Å². The van der Waals surface area contributed by atoms with Gasteiger partial charge in [-0.15, -0.1) is 0 Å². The maximum atomic E-state index is 8.89. The minimum Gasteiger partial charge on any atom is -0.497 e. The Hall–Kier alpha value is -1.26. The first-order valence-electron chi connectivity index (χ1n) is 6.84. The predicted molar refractivity (Wildman–Crippen MR) is 76.8 cm³/mol. The zero-order valence-corrected chi connectivity index (χ0v) is 11.9. The average molecular weight is 267 g/mol. The maximum absolute atomic E-state index is 8.89. The van der Waals surface area contributed by atoms with E-state index in [9.17, 15) is 0 Å². The third kappa shape index (κ3) is 7.03. The number of aliphatic hydroxyl groups is 1. The van der Waals surface area contributed by atoms with Crippen molar-refractivity contribution < 1.29 is 14.6 Å². The number of benzene rings is 1. The first-order chi connectivity index (χ1) is 9.26. The highest BCUT2D eigenvalue weighted by Gasteiger charge is 1.99. The Morgan fingerprint density at radius 2 is 1.84 bits per heavy atom. The SMILES string of the molecule is COc1ccc(OCCNCCCC(C)CO)cc1. The van der Waals surface area contributed by atoms with E-state index >= 15 is 0 Å². The smallest absolute Gasteiger partial charge is 0.119 e. The number of methoxy groups -OCH3 is 1. The Morgan fingerprint density at radius 1 is 1.16 bits per heavy atom. The molecule has 19 heavy (non-hydrogen) atoms. The molecule has 0 aliphatic rings. The van der Waals surface area contributed by atoms with Gasteiger partial charge < -0.3 is 19.9 Å². The van der Waals surface area contributed by atoms with Crippen molar-refractivity contribution in [2.45, 2.75) is 19.8 Å². The van der Waals surface area contributed by atoms with E-state index < -0.39 is 0 Å². The van der Waals surface area contributed by atoms with Gasteiger partial charge in [-0.1, -0.05) is 6.92 Å². The average Bonchev–Trinajstić information content (AvgIpc) is 2.46. The van der Waals surface area contributed by atoms with Gasteiger partial charge in [0.2, 0.25) is 0 Å². The fourth-order valence-corrected chi connectivity index (χ4v) is 1.70. The van der Waals surface area contributed by atoms with Crippen molar-refractivity contribution in [1.82, 2.24) is 5.32 Å². The summed E-state index contributed by atoms with van der Waals surface area (Å²) >= 11 is 0. The van der Waals surface area contributed by atoms with Crippen LogP contribution < -0.4 is 14.8 Å². The lowest BCUT2D eigenvalue weighted by Crippen LogP contribution is -2.22. The van der Waals surface area contributed by atoms with E-state index in [1.54, 1.807) is 7.11 Å². The molecule has 0 fully saturated rings. The number of hydrogen-bond donors (Lipinski definition) is 2. The van der Waals surface area contributed by atoms with Crippen molar-refractivity contribution in [3.8, 4) is 11.5 Å². The minimum atomic E-state index is 0.278. The first-order valence-corrected chi connectivity index (χ1v) is 6.84. The molecular formula is C15H25NO3. The van der Waals surface area contributed by atoms with Gasteiger partial charge in [0.05, 0.1) is 7.11 Å². The van der Waals surface area contributed by atoms with Crippen LogP contribution in [0.3, 0.4) is 0 Å². The van der Waals surface area contributed by atoms with E-state index in [0.29, 0.717) is 12.5 Å². The number of rotatable bonds is 10. The van der Waals surface area contributed by atoms with Crippen LogP contribution in [0.2, 0.25) is 0 Å². The molecule has 1 aromatic carbocycles. The molecule has 0 amide bonds. The van der Waals surface area contributed by atoms with Crippen LogP contribution in [0.4, 0.5) is 0 Å². The number of ether oxygens (including phenoxy) is 2. The van der Waals surface area contributed by atoms with Gasteiger partial charge in [0, 0.05) is 13.2 Å². The molecule has 0 saturated heterocycles. The Kier molecular flexibility index (Phi) is 8.02. The highest BCUT2D eigenvalue weighted by molar-refractivity contribution is 5.31. The van der Waals surface area contributed by atoms with E-state index in [4.69, 9.17) is 14.6 Å². The Labute approximate surface area is 115 Å². The molecule has 1 aromatic rings. The van der Waals surface area contributed by atoms with Crippen LogP contribution >= 0.6 is 0 Å². The van der Waals surface area contributed by atoms with E-state index in [1.807, 2.05) is 24.3 Å². The van der Waals surface area contributed by atoms with Gasteiger partial charge in [-0.2, -0.15) is 0 Å². The lowest BCUT2D eigenvalue weighted by molar-refractivity contribution is 0.227. The van der Waals surface area contributed by atoms with Crippen LogP contribution in [-0.4, -0.2) is 38.5 Å². The van der Waals surface area contributed by atoms with Crippen LogP contribution in [0.5, 0.6) is 11.5 Å². The zero-order chi connectivity index (χ0) is 13.9. The molecule has 0 aliphatic heterocycles. The van der Waals surface area contributed by atoms with E-state index in [2.05, 4.69) is 12.2 Å². The summed E-state index contributed by atoms with van der Waals surface area (Å²) in [5.74, 6) is 2.09. The van der Waals surface area contributed by atoms with Crippen LogP contribution in [-0.2, 0) is 0 Å². The van der Waals surface area contributed by atoms with Gasteiger partial charge in [-0.05, 0) is 49.6 Å². The maximum Gasteiger partial charge on any atom is 0.119 e. The molecular weight excluding hydrogens is 242 g/mol. The molecule has 0 aliphatic carbocycles. The topological polar surface area (TPSA) is 50.7 Å². The highest BCUT2D eigenvalue weighted by Crippen LogP contribution is 2.16. The third-order valence-electron chi connectivity index (χ3n) is 2.97. The summed E-state index contributed by atoms with van der Waals surface area (Å²) in [6.45, 7) is 4.80. The molecule has 1 atom stereocenters. The molecule has 0 radical (unpaired) electrons. The molecule has 0 spiro atoms. The second-order valence-corrected chi connectivity index (χ2v) is 4.70. The predicted octanol–water partition coefficient (Wildman–Crippen LogP) is 2.07. The molecule has 1 rings (SSSR count). The highest BCUT2D eigenvalue weighted by atomic mass is 16.5. The lowest BCUT2D eigenvalue weighted by atomic mass is 10.1. The van der Waals surface area contributed by atoms with Crippen LogP contribution in [0, 0.1) is 5.92 Å². The van der Waals surface area contributed by atoms with Crippen molar-refractivity contribution in [1.29, 1.82) is 0 Å². The summed E-state index contributed by atoms with van der Waals surface area (Å²) in [6.07, 6.45) is 2.15. The molecule has 4 nitrogen and oxygen atoms in total. The van der Waals surface area contributed by atoms with Gasteiger partial charge in [-0.3, -0.25) is 0 Å². The quantitative estimate of drug-likeness (QED) is 0.637. The zero-order valence-electron chi connectivity index (χ0n) is 11.9. The summed E-state index contributed by atoms with van der Waals surface area (Å²) in [4.78, 5) is 0. The van der Waals surface area contributed by atoms with Crippen molar-refractivity contribution >= 4 is 0 Å². The Bertz CT molecular complexity index is 327. The second-order valence-electron chi connectivity index (χ2n) is 4.70. The molecule has 0 heterocycles. The van der Waals surface area contributed by atoms with Crippen molar-refractivity contribution in [3.63, 3.8) is 0 Å². The van der Waals surface area contributed by atoms with Crippen molar-refractivity contribution in [2.75, 3.05) is 33.4 Å². The summed E-state index contributed by atoms with van der Waals surface area (Å²) in [5.41, 5.74) is 0. The summed E-state index contributed by atoms with van der Waals surface area (Å²) in [5, 5.41) is 12.2. The number of nitrogens with one attached hydrogen (secondary N) is 1. The van der Waals surface area contributed by atoms with E-state index in [-0.39, 0.29) is 6.61 Å². The second kappa shape index (κ2) is 9.64. The van der Waals surface area contributed by atoms with Crippen molar-refractivity contribution in [3.05, 3.63) is 24.3 Å². The summed E-state index contributed by atoms with van der Waals surface area (Å²) < 4.78 is 10.7. The van der Waals surface area contributed by atoms with Gasteiger partial charge in [0.15, 0.2) is 0 Å². The van der Waals surface area contributed by atoms with Gasteiger partial charge in [-0.25, -0.2) is 0 Å². The van der Waals surface area contributed by atoms with E-state index in [1.165, 1.54) is 0 Å². The molecule has 2 N–H and O–H groups in total. The van der Waals surface area contributed by atoms with Crippen LogP contribution in [0.15, 0.2) is 24.3 Å². The number of aliphatic hydroxyl groups excluding tert-OH is 1. The monoisotopic (exact) mass is 267 g/mol. The van der Waals surface area contributed by atoms with Gasteiger partial charge >= 0.3 is 0 Å². The molecule has 0 bridgehead atoms. The Morgan fingerprint density at radius 3 is 2.47 bits per heavy atom. The molecule has 0 aromatic heterocycles. The fraction of sp³-hybridized carbons (Fsp3) is 0.600. The van der Waals surface area contributed by atoms with Gasteiger partial charge in [0.1, 0.15) is 18.1 Å². The summed E-state index contributed by atoms with van der Waals surface area (Å²) in [7, 11) is 1.65. The number of hydrogen-bond acceptors (Lipinski definition) is 4.